The van der Waals surface area contributed by atoms with Gasteiger partial charge in [-0.2, -0.15) is 0 Å². The van der Waals surface area contributed by atoms with E-state index in [4.69, 9.17) is 16.3 Å². The van der Waals surface area contributed by atoms with Crippen molar-refractivity contribution in [3.05, 3.63) is 43.8 Å². The van der Waals surface area contributed by atoms with Crippen LogP contribution in [0.3, 0.4) is 0 Å². The number of imide groups is 1. The molecule has 1 heterocycles. The van der Waals surface area contributed by atoms with E-state index in [-0.39, 0.29) is 27.3 Å². The highest BCUT2D eigenvalue weighted by Gasteiger charge is 2.37. The standard InChI is InChI=1S/C15H13ClN2O6S/c1-8(2)24-13(19)7-17-14(20)12(25-15(17)21)6-9-5-10(18(22)23)3-4-11(9)16/h3-6,8H,7H2,1-2H3/b12-6-. The number of thioether (sulfide) groups is 1. The lowest BCUT2D eigenvalue weighted by atomic mass is 10.2. The average molecular weight is 385 g/mol. The molecular formula is C15H13ClN2O6S. The summed E-state index contributed by atoms with van der Waals surface area (Å²) in [5.41, 5.74) is 0.0292. The molecule has 25 heavy (non-hydrogen) atoms. The van der Waals surface area contributed by atoms with Gasteiger partial charge in [-0.1, -0.05) is 11.6 Å². The molecule has 0 atom stereocenters. The fraction of sp³-hybridized carbons (Fsp3) is 0.267. The Labute approximate surface area is 151 Å². The summed E-state index contributed by atoms with van der Waals surface area (Å²) in [4.78, 5) is 46.9. The van der Waals surface area contributed by atoms with Gasteiger partial charge in [-0.3, -0.25) is 29.4 Å². The number of rotatable bonds is 5. The highest BCUT2D eigenvalue weighted by Crippen LogP contribution is 2.34. The number of benzene rings is 1. The molecule has 0 spiro atoms. The van der Waals surface area contributed by atoms with Crippen LogP contribution in [0.2, 0.25) is 5.02 Å². The smallest absolute Gasteiger partial charge is 0.326 e. The third-order valence-corrected chi connectivity index (χ3v) is 4.26. The molecule has 1 fully saturated rings. The van der Waals surface area contributed by atoms with Crippen molar-refractivity contribution >= 4 is 52.2 Å². The van der Waals surface area contributed by atoms with Gasteiger partial charge in [0, 0.05) is 22.7 Å². The van der Waals surface area contributed by atoms with Crippen molar-refractivity contribution in [1.29, 1.82) is 0 Å². The first-order valence-electron chi connectivity index (χ1n) is 7.08. The van der Waals surface area contributed by atoms with Gasteiger partial charge in [0.2, 0.25) is 0 Å². The number of carbonyl (C=O) groups excluding carboxylic acids is 3. The Morgan fingerprint density at radius 1 is 1.44 bits per heavy atom. The molecule has 0 aliphatic carbocycles. The summed E-state index contributed by atoms with van der Waals surface area (Å²) in [7, 11) is 0. The zero-order chi connectivity index (χ0) is 18.7. The van der Waals surface area contributed by atoms with Crippen molar-refractivity contribution in [1.82, 2.24) is 4.90 Å². The molecule has 1 aliphatic rings. The Kier molecular flexibility index (Phi) is 5.81. The van der Waals surface area contributed by atoms with Crippen molar-refractivity contribution in [2.24, 2.45) is 0 Å². The van der Waals surface area contributed by atoms with E-state index in [2.05, 4.69) is 0 Å². The van der Waals surface area contributed by atoms with E-state index < -0.39 is 28.6 Å². The quantitative estimate of drug-likeness (QED) is 0.332. The molecule has 1 aliphatic heterocycles. The number of hydrogen-bond donors (Lipinski definition) is 0. The van der Waals surface area contributed by atoms with Gasteiger partial charge in [0.25, 0.3) is 16.8 Å². The lowest BCUT2D eigenvalue weighted by Crippen LogP contribution is -2.35. The molecule has 10 heteroatoms. The zero-order valence-electron chi connectivity index (χ0n) is 13.2. The summed E-state index contributed by atoms with van der Waals surface area (Å²) < 4.78 is 4.91. The Hall–Kier alpha value is -2.39. The highest BCUT2D eigenvalue weighted by molar-refractivity contribution is 8.18. The third kappa shape index (κ3) is 4.58. The Morgan fingerprint density at radius 2 is 2.12 bits per heavy atom. The number of ether oxygens (including phenoxy) is 1. The molecule has 0 N–H and O–H groups in total. The first-order chi connectivity index (χ1) is 11.7. The van der Waals surface area contributed by atoms with Gasteiger partial charge in [-0.25, -0.2) is 0 Å². The van der Waals surface area contributed by atoms with Crippen LogP contribution in [0.4, 0.5) is 10.5 Å². The van der Waals surface area contributed by atoms with E-state index in [9.17, 15) is 24.5 Å². The molecule has 132 valence electrons. The van der Waals surface area contributed by atoms with Crippen LogP contribution in [-0.4, -0.2) is 39.6 Å². The SMILES string of the molecule is CC(C)OC(=O)CN1C(=O)S/C(=C\c2cc([N+](=O)[O-])ccc2Cl)C1=O. The van der Waals surface area contributed by atoms with Gasteiger partial charge >= 0.3 is 5.97 Å². The molecule has 2 amide bonds. The zero-order valence-corrected chi connectivity index (χ0v) is 14.8. The normalized spacial score (nSPS) is 16.0. The number of nitro benzene ring substituents is 1. The maximum Gasteiger partial charge on any atom is 0.326 e. The van der Waals surface area contributed by atoms with Gasteiger partial charge in [0.15, 0.2) is 0 Å². The van der Waals surface area contributed by atoms with Crippen LogP contribution >= 0.6 is 23.4 Å². The highest BCUT2D eigenvalue weighted by atomic mass is 35.5. The van der Waals surface area contributed by atoms with E-state index in [0.717, 1.165) is 4.90 Å². The topological polar surface area (TPSA) is 107 Å². The van der Waals surface area contributed by atoms with Gasteiger partial charge in [-0.05, 0) is 37.8 Å². The Morgan fingerprint density at radius 3 is 2.72 bits per heavy atom. The summed E-state index contributed by atoms with van der Waals surface area (Å²) in [6, 6.07) is 3.76. The number of nitrogens with zero attached hydrogens (tertiary/aromatic N) is 2. The van der Waals surface area contributed by atoms with Gasteiger partial charge < -0.3 is 4.74 Å². The van der Waals surface area contributed by atoms with Gasteiger partial charge in [0.1, 0.15) is 6.54 Å². The molecule has 8 nitrogen and oxygen atoms in total. The molecule has 0 saturated carbocycles. The predicted molar refractivity (Wildman–Crippen MR) is 92.0 cm³/mol. The molecule has 1 aromatic rings. The largest absolute Gasteiger partial charge is 0.462 e. The van der Waals surface area contributed by atoms with E-state index in [0.29, 0.717) is 11.8 Å². The van der Waals surface area contributed by atoms with Crippen molar-refractivity contribution < 1.29 is 24.0 Å². The second-order valence-corrected chi connectivity index (χ2v) is 6.67. The summed E-state index contributed by atoms with van der Waals surface area (Å²) in [5, 5.41) is 10.4. The van der Waals surface area contributed by atoms with E-state index in [1.807, 2.05) is 0 Å². The monoisotopic (exact) mass is 384 g/mol. The number of nitro groups is 1. The second-order valence-electron chi connectivity index (χ2n) is 5.27. The Balaban J connectivity index is 2.24. The summed E-state index contributed by atoms with van der Waals surface area (Å²) in [5.74, 6) is -1.38. The fourth-order valence-electron chi connectivity index (χ4n) is 1.96. The van der Waals surface area contributed by atoms with E-state index in [1.165, 1.54) is 24.3 Å². The van der Waals surface area contributed by atoms with Crippen LogP contribution in [0.15, 0.2) is 23.1 Å². The third-order valence-electron chi connectivity index (χ3n) is 3.00. The van der Waals surface area contributed by atoms with Crippen LogP contribution in [-0.2, 0) is 14.3 Å². The second kappa shape index (κ2) is 7.66. The number of hydrogen-bond acceptors (Lipinski definition) is 7. The van der Waals surface area contributed by atoms with E-state index >= 15 is 0 Å². The molecule has 0 aromatic heterocycles. The molecular weight excluding hydrogens is 372 g/mol. The number of esters is 1. The summed E-state index contributed by atoms with van der Waals surface area (Å²) in [6.07, 6.45) is 0.917. The minimum Gasteiger partial charge on any atom is -0.462 e. The number of amides is 2. The molecule has 2 rings (SSSR count). The van der Waals surface area contributed by atoms with Gasteiger partial charge in [0.05, 0.1) is 15.9 Å². The lowest BCUT2D eigenvalue weighted by molar-refractivity contribution is -0.384. The first-order valence-corrected chi connectivity index (χ1v) is 8.27. The first kappa shape index (κ1) is 18.9. The molecule has 1 aromatic carbocycles. The molecule has 1 saturated heterocycles. The molecule has 0 bridgehead atoms. The number of non-ortho nitro benzene ring substituents is 1. The lowest BCUT2D eigenvalue weighted by Gasteiger charge is -2.13. The molecule has 0 unspecified atom stereocenters. The van der Waals surface area contributed by atoms with Gasteiger partial charge in [-0.15, -0.1) is 0 Å². The number of carbonyl (C=O) groups is 3. The minimum absolute atomic E-state index is 0.0183. The Bertz CT molecular complexity index is 792. The van der Waals surface area contributed by atoms with Crippen LogP contribution in [0, 0.1) is 10.1 Å². The fourth-order valence-corrected chi connectivity index (χ4v) is 2.96. The number of halogens is 1. The summed E-state index contributed by atoms with van der Waals surface area (Å²) >= 11 is 6.60. The molecule has 0 radical (unpaired) electrons. The van der Waals surface area contributed by atoms with Crippen molar-refractivity contribution in [3.63, 3.8) is 0 Å². The van der Waals surface area contributed by atoms with Crippen molar-refractivity contribution in [2.45, 2.75) is 20.0 Å². The van der Waals surface area contributed by atoms with E-state index in [1.54, 1.807) is 13.8 Å². The minimum atomic E-state index is -0.702. The maximum absolute atomic E-state index is 12.3. The van der Waals surface area contributed by atoms with Crippen LogP contribution in [0.25, 0.3) is 6.08 Å². The predicted octanol–water partition coefficient (Wildman–Crippen LogP) is 3.24. The van der Waals surface area contributed by atoms with Crippen LogP contribution in [0.5, 0.6) is 0 Å². The summed E-state index contributed by atoms with van der Waals surface area (Å²) in [6.45, 7) is 2.80. The van der Waals surface area contributed by atoms with Crippen LogP contribution < -0.4 is 0 Å². The average Bonchev–Trinajstić information content (AvgIpc) is 2.76. The maximum atomic E-state index is 12.3. The van der Waals surface area contributed by atoms with Crippen molar-refractivity contribution in [3.8, 4) is 0 Å². The van der Waals surface area contributed by atoms with Crippen LogP contribution in [0.1, 0.15) is 19.4 Å². The van der Waals surface area contributed by atoms with Crippen molar-refractivity contribution in [2.75, 3.05) is 6.54 Å².